The molecule has 0 amide bonds. The van der Waals surface area contributed by atoms with E-state index >= 15 is 0 Å². The number of ether oxygens (including phenoxy) is 1. The van der Waals surface area contributed by atoms with E-state index in [0.29, 0.717) is 29.1 Å². The molecule has 1 aliphatic rings. The van der Waals surface area contributed by atoms with Crippen LogP contribution in [-0.2, 0) is 6.54 Å². The summed E-state index contributed by atoms with van der Waals surface area (Å²) in [7, 11) is 0. The molecule has 0 saturated carbocycles. The number of aromatic nitrogens is 4. The van der Waals surface area contributed by atoms with Gasteiger partial charge >= 0.3 is 0 Å². The first-order valence-electron chi connectivity index (χ1n) is 9.66. The summed E-state index contributed by atoms with van der Waals surface area (Å²) in [4.78, 5) is 13.1. The van der Waals surface area contributed by atoms with Crippen LogP contribution in [-0.4, -0.2) is 19.5 Å². The van der Waals surface area contributed by atoms with Gasteiger partial charge in [0.2, 0.25) is 0 Å². The summed E-state index contributed by atoms with van der Waals surface area (Å²) in [6.45, 7) is 2.20. The fourth-order valence-corrected chi connectivity index (χ4v) is 3.91. The number of imidazole rings is 1. The van der Waals surface area contributed by atoms with Crippen LogP contribution < -0.4 is 10.5 Å². The van der Waals surface area contributed by atoms with Crippen LogP contribution in [0.2, 0.25) is 0 Å². The molecule has 0 fully saturated rings. The topological polar surface area (TPSA) is 103 Å². The standard InChI is InChI=1S/C23H17FN6O/c1-13-18-8-15(24)4-5-16(18)17-3-2-6-27-20(17)11-30-12-29-19(9-25)22(30)14-7-21(31-13)23(26)28-10-14/h2-8,10,12-13H,11H2,1H3,(H2,26,28). The lowest BCUT2D eigenvalue weighted by Crippen LogP contribution is -2.11. The zero-order chi connectivity index (χ0) is 21.5. The fourth-order valence-electron chi connectivity index (χ4n) is 3.91. The van der Waals surface area contributed by atoms with Crippen LogP contribution in [0.3, 0.4) is 0 Å². The molecule has 1 aliphatic heterocycles. The Labute approximate surface area is 177 Å². The summed E-state index contributed by atoms with van der Waals surface area (Å²) in [5.74, 6) is 0.197. The Morgan fingerprint density at radius 1 is 1.19 bits per heavy atom. The van der Waals surface area contributed by atoms with E-state index in [1.54, 1.807) is 30.9 Å². The van der Waals surface area contributed by atoms with Gasteiger partial charge in [0.05, 0.1) is 24.3 Å². The van der Waals surface area contributed by atoms with Gasteiger partial charge in [-0.2, -0.15) is 5.26 Å². The van der Waals surface area contributed by atoms with Crippen molar-refractivity contribution in [2.75, 3.05) is 5.73 Å². The van der Waals surface area contributed by atoms with Crippen LogP contribution in [0.4, 0.5) is 10.2 Å². The molecule has 4 heterocycles. The molecule has 0 aliphatic carbocycles. The maximum atomic E-state index is 14.2. The van der Waals surface area contributed by atoms with Gasteiger partial charge in [-0.25, -0.2) is 14.4 Å². The molecule has 3 aromatic heterocycles. The maximum absolute atomic E-state index is 14.2. The van der Waals surface area contributed by atoms with Crippen molar-refractivity contribution in [2.24, 2.45) is 0 Å². The van der Waals surface area contributed by atoms with Crippen molar-refractivity contribution < 1.29 is 9.13 Å². The Morgan fingerprint density at radius 2 is 2.06 bits per heavy atom. The second-order valence-corrected chi connectivity index (χ2v) is 7.28. The molecule has 4 aromatic rings. The first-order chi connectivity index (χ1) is 15.0. The Balaban J connectivity index is 1.83. The molecular formula is C23H17FN6O. The summed E-state index contributed by atoms with van der Waals surface area (Å²) in [5, 5.41) is 9.60. The summed E-state index contributed by atoms with van der Waals surface area (Å²) < 4.78 is 22.2. The third-order valence-electron chi connectivity index (χ3n) is 5.35. The molecule has 0 radical (unpaired) electrons. The number of hydrogen-bond donors (Lipinski definition) is 1. The quantitative estimate of drug-likeness (QED) is 0.466. The molecule has 1 unspecified atom stereocenters. The van der Waals surface area contributed by atoms with Crippen LogP contribution in [0.15, 0.2) is 55.1 Å². The van der Waals surface area contributed by atoms with Gasteiger partial charge in [0.15, 0.2) is 17.3 Å². The average molecular weight is 412 g/mol. The minimum atomic E-state index is -0.516. The molecule has 0 saturated heterocycles. The first kappa shape index (κ1) is 18.8. The van der Waals surface area contributed by atoms with E-state index < -0.39 is 6.10 Å². The molecule has 152 valence electrons. The molecule has 31 heavy (non-hydrogen) atoms. The maximum Gasteiger partial charge on any atom is 0.166 e. The Kier molecular flexibility index (Phi) is 4.37. The van der Waals surface area contributed by atoms with E-state index in [2.05, 4.69) is 21.0 Å². The van der Waals surface area contributed by atoms with Crippen molar-refractivity contribution in [1.82, 2.24) is 19.5 Å². The highest BCUT2D eigenvalue weighted by molar-refractivity contribution is 5.72. The number of nitrogen functional groups attached to an aromatic ring is 1. The highest BCUT2D eigenvalue weighted by Crippen LogP contribution is 2.37. The van der Waals surface area contributed by atoms with Crippen molar-refractivity contribution in [3.8, 4) is 34.2 Å². The molecule has 5 rings (SSSR count). The molecule has 0 spiro atoms. The number of pyridine rings is 2. The van der Waals surface area contributed by atoms with E-state index in [-0.39, 0.29) is 17.3 Å². The lowest BCUT2D eigenvalue weighted by molar-refractivity contribution is 0.227. The summed E-state index contributed by atoms with van der Waals surface area (Å²) in [5.41, 5.74) is 10.7. The van der Waals surface area contributed by atoms with Crippen LogP contribution in [0.5, 0.6) is 5.75 Å². The van der Waals surface area contributed by atoms with Gasteiger partial charge < -0.3 is 15.0 Å². The number of nitrogens with two attached hydrogens (primary N) is 1. The average Bonchev–Trinajstić information content (AvgIpc) is 3.17. The lowest BCUT2D eigenvalue weighted by Gasteiger charge is -2.22. The number of rotatable bonds is 0. The van der Waals surface area contributed by atoms with Crippen LogP contribution >= 0.6 is 0 Å². The van der Waals surface area contributed by atoms with Gasteiger partial charge in [0, 0.05) is 29.1 Å². The summed E-state index contributed by atoms with van der Waals surface area (Å²) >= 11 is 0. The van der Waals surface area contributed by atoms with E-state index in [1.807, 2.05) is 23.6 Å². The number of halogens is 1. The van der Waals surface area contributed by atoms with Crippen molar-refractivity contribution in [1.29, 1.82) is 5.26 Å². The van der Waals surface area contributed by atoms with Crippen LogP contribution in [0.1, 0.15) is 30.0 Å². The number of anilines is 1. The molecule has 8 heteroatoms. The number of fused-ring (bicyclic) bond motifs is 7. The minimum absolute atomic E-state index is 0.206. The normalized spacial score (nSPS) is 14.7. The lowest BCUT2D eigenvalue weighted by atomic mass is 9.95. The number of benzene rings is 1. The SMILES string of the molecule is CC1Oc2cc(cnc2N)-c2c(C#N)ncn2Cc2ncccc2-c2ccc(F)cc21. The monoisotopic (exact) mass is 412 g/mol. The number of hydrogen-bond acceptors (Lipinski definition) is 6. The zero-order valence-electron chi connectivity index (χ0n) is 16.6. The predicted molar refractivity (Wildman–Crippen MR) is 112 cm³/mol. The summed E-state index contributed by atoms with van der Waals surface area (Å²) in [6.07, 6.45) is 4.37. The van der Waals surface area contributed by atoms with Crippen LogP contribution in [0.25, 0.3) is 22.4 Å². The minimum Gasteiger partial charge on any atom is -0.482 e. The molecule has 1 atom stereocenters. The van der Waals surface area contributed by atoms with E-state index in [0.717, 1.165) is 16.8 Å². The Bertz CT molecular complexity index is 1360. The molecule has 2 N–H and O–H groups in total. The van der Waals surface area contributed by atoms with Crippen molar-refractivity contribution in [2.45, 2.75) is 19.6 Å². The van der Waals surface area contributed by atoms with Gasteiger partial charge in [0.25, 0.3) is 0 Å². The molecule has 2 bridgehead atoms. The van der Waals surface area contributed by atoms with E-state index in [9.17, 15) is 9.65 Å². The third-order valence-corrected chi connectivity index (χ3v) is 5.35. The molecular weight excluding hydrogens is 395 g/mol. The second-order valence-electron chi connectivity index (χ2n) is 7.28. The van der Waals surface area contributed by atoms with E-state index in [4.69, 9.17) is 10.5 Å². The summed E-state index contributed by atoms with van der Waals surface area (Å²) in [6, 6.07) is 12.2. The van der Waals surface area contributed by atoms with Crippen molar-refractivity contribution in [3.05, 3.63) is 77.9 Å². The van der Waals surface area contributed by atoms with Crippen molar-refractivity contribution >= 4 is 5.82 Å². The molecule has 7 nitrogen and oxygen atoms in total. The van der Waals surface area contributed by atoms with Crippen molar-refractivity contribution in [3.63, 3.8) is 0 Å². The molecule has 1 aromatic carbocycles. The highest BCUT2D eigenvalue weighted by Gasteiger charge is 2.22. The van der Waals surface area contributed by atoms with Gasteiger partial charge in [-0.1, -0.05) is 12.1 Å². The van der Waals surface area contributed by atoms with E-state index in [1.165, 1.54) is 12.1 Å². The number of nitrogens with zero attached hydrogens (tertiary/aromatic N) is 5. The highest BCUT2D eigenvalue weighted by atomic mass is 19.1. The van der Waals surface area contributed by atoms with Crippen LogP contribution in [0, 0.1) is 17.1 Å². The second kappa shape index (κ2) is 7.22. The Hall–Kier alpha value is -4.25. The fraction of sp³-hybridized carbons (Fsp3) is 0.130. The smallest absolute Gasteiger partial charge is 0.166 e. The van der Waals surface area contributed by atoms with Gasteiger partial charge in [-0.15, -0.1) is 0 Å². The largest absolute Gasteiger partial charge is 0.482 e. The van der Waals surface area contributed by atoms with Gasteiger partial charge in [0.1, 0.15) is 18.0 Å². The van der Waals surface area contributed by atoms with Gasteiger partial charge in [-0.3, -0.25) is 4.98 Å². The third kappa shape index (κ3) is 3.16. The predicted octanol–water partition coefficient (Wildman–Crippen LogP) is 4.10. The van der Waals surface area contributed by atoms with Gasteiger partial charge in [-0.05, 0) is 36.8 Å². The zero-order valence-corrected chi connectivity index (χ0v) is 16.6. The first-order valence-corrected chi connectivity index (χ1v) is 9.66. The Morgan fingerprint density at radius 3 is 2.90 bits per heavy atom. The number of nitriles is 1.